The average molecular weight is 700 g/mol. The second-order valence-corrected chi connectivity index (χ2v) is 14.0. The van der Waals surface area contributed by atoms with Gasteiger partial charge in [-0.3, -0.25) is 0 Å². The molecule has 11 rings (SSSR count). The lowest BCUT2D eigenvalue weighted by Gasteiger charge is -2.14. The molecule has 0 bridgehead atoms. The Balaban J connectivity index is 1.10. The van der Waals surface area contributed by atoms with Crippen molar-refractivity contribution in [2.45, 2.75) is 0 Å². The fraction of sp³-hybridized carbons (Fsp3) is 0. The number of rotatable bonds is 4. The Labute approximate surface area is 316 Å². The van der Waals surface area contributed by atoms with Crippen LogP contribution in [0.3, 0.4) is 0 Å². The number of hydrogen-bond donors (Lipinski definition) is 0. The van der Waals surface area contributed by atoms with E-state index in [-0.39, 0.29) is 0 Å². The summed E-state index contributed by atoms with van der Waals surface area (Å²) in [6.45, 7) is 8.40. The molecule has 0 spiro atoms. The predicted molar refractivity (Wildman–Crippen MR) is 226 cm³/mol. The van der Waals surface area contributed by atoms with E-state index in [1.54, 1.807) is 0 Å². The van der Waals surface area contributed by atoms with Gasteiger partial charge in [-0.25, -0.2) is 4.85 Å². The Morgan fingerprint density at radius 2 is 0.891 bits per heavy atom. The number of fused-ring (bicyclic) bond motifs is 9. The van der Waals surface area contributed by atoms with Crippen molar-refractivity contribution in [3.05, 3.63) is 193 Å². The first-order valence-corrected chi connectivity index (χ1v) is 18.3. The molecule has 0 aliphatic carbocycles. The quantitative estimate of drug-likeness (QED) is 0.169. The topological polar surface area (TPSA) is 42.9 Å². The maximum Gasteiger partial charge on any atom is 0.196 e. The van der Waals surface area contributed by atoms with Crippen LogP contribution < -0.4 is 0 Å². The predicted octanol–water partition coefficient (Wildman–Crippen LogP) is 13.1. The molecule has 0 N–H and O–H groups in total. The molecule has 11 aromatic rings. The van der Waals surface area contributed by atoms with Crippen molar-refractivity contribution in [2.75, 3.05) is 0 Å². The summed E-state index contributed by atoms with van der Waals surface area (Å²) in [6.07, 6.45) is 0. The first kappa shape index (κ1) is 30.7. The normalized spacial score (nSPS) is 11.6. The fourth-order valence-corrected chi connectivity index (χ4v) is 8.71. The number of nitrogens with zero attached hydrogens (tertiary/aromatic N) is 5. The number of aromatic nitrogens is 3. The van der Waals surface area contributed by atoms with Crippen LogP contribution in [0.15, 0.2) is 176 Å². The van der Waals surface area contributed by atoms with Crippen LogP contribution in [0.1, 0.15) is 5.56 Å². The first-order valence-electron chi connectivity index (χ1n) is 18.3. The van der Waals surface area contributed by atoms with E-state index >= 15 is 0 Å². The van der Waals surface area contributed by atoms with E-state index < -0.39 is 0 Å². The van der Waals surface area contributed by atoms with Crippen molar-refractivity contribution in [2.24, 2.45) is 0 Å². The van der Waals surface area contributed by atoms with E-state index in [1.807, 2.05) is 24.3 Å². The van der Waals surface area contributed by atoms with Gasteiger partial charge in [-0.1, -0.05) is 97.1 Å². The molecule has 0 amide bonds. The van der Waals surface area contributed by atoms with Gasteiger partial charge in [0, 0.05) is 49.4 Å². The van der Waals surface area contributed by atoms with Crippen LogP contribution in [0.25, 0.3) is 98.5 Å². The molecule has 0 aliphatic heterocycles. The molecule has 254 valence electrons. The highest BCUT2D eigenvalue weighted by Gasteiger charge is 2.19. The minimum absolute atomic E-state index is 0.569. The van der Waals surface area contributed by atoms with Gasteiger partial charge < -0.3 is 13.7 Å². The van der Waals surface area contributed by atoms with Gasteiger partial charge in [0.1, 0.15) is 0 Å². The van der Waals surface area contributed by atoms with Crippen LogP contribution in [-0.2, 0) is 0 Å². The third-order valence-electron chi connectivity index (χ3n) is 11.1. The number of para-hydroxylation sites is 4. The van der Waals surface area contributed by atoms with Crippen molar-refractivity contribution in [1.29, 1.82) is 5.26 Å². The summed E-state index contributed by atoms with van der Waals surface area (Å²) in [5.74, 6) is 0. The third kappa shape index (κ3) is 4.51. The third-order valence-corrected chi connectivity index (χ3v) is 11.1. The molecule has 0 fully saturated rings. The molecule has 0 saturated heterocycles. The number of benzene rings is 8. The number of nitriles is 1. The largest absolute Gasteiger partial charge is 0.310 e. The zero-order chi connectivity index (χ0) is 36.6. The molecule has 0 aliphatic rings. The molecule has 0 unspecified atom stereocenters. The summed E-state index contributed by atoms with van der Waals surface area (Å²) in [6, 6.07) is 63.5. The van der Waals surface area contributed by atoms with E-state index in [0.29, 0.717) is 11.3 Å². The smallest absolute Gasteiger partial charge is 0.196 e. The Bertz CT molecular complexity index is 3360. The van der Waals surface area contributed by atoms with Gasteiger partial charge >= 0.3 is 0 Å². The fourth-order valence-electron chi connectivity index (χ4n) is 8.71. The Morgan fingerprint density at radius 1 is 0.400 bits per heavy atom. The highest BCUT2D eigenvalue weighted by molar-refractivity contribution is 6.13. The van der Waals surface area contributed by atoms with Crippen molar-refractivity contribution in [3.8, 4) is 34.3 Å². The van der Waals surface area contributed by atoms with Gasteiger partial charge in [0.05, 0.1) is 51.3 Å². The maximum absolute atomic E-state index is 9.86. The summed E-state index contributed by atoms with van der Waals surface area (Å²) in [5.41, 5.74) is 12.6. The maximum atomic E-state index is 9.86. The summed E-state index contributed by atoms with van der Waals surface area (Å²) < 4.78 is 6.86. The lowest BCUT2D eigenvalue weighted by atomic mass is 10.0. The second-order valence-electron chi connectivity index (χ2n) is 14.0. The van der Waals surface area contributed by atoms with Gasteiger partial charge in [0.15, 0.2) is 5.69 Å². The molecule has 55 heavy (non-hydrogen) atoms. The van der Waals surface area contributed by atoms with Gasteiger partial charge in [-0.05, 0) is 90.0 Å². The highest BCUT2D eigenvalue weighted by atomic mass is 15.0. The molecular weight excluding hydrogens is 671 g/mol. The molecule has 5 nitrogen and oxygen atoms in total. The highest BCUT2D eigenvalue weighted by Crippen LogP contribution is 2.40. The molecule has 8 aromatic carbocycles. The molecule has 3 aromatic heterocycles. The lowest BCUT2D eigenvalue weighted by Crippen LogP contribution is -1.97. The lowest BCUT2D eigenvalue weighted by molar-refractivity contribution is 1.16. The van der Waals surface area contributed by atoms with Gasteiger partial charge in [-0.2, -0.15) is 5.26 Å². The van der Waals surface area contributed by atoms with E-state index in [2.05, 4.69) is 176 Å². The first-order chi connectivity index (χ1) is 27.2. The van der Waals surface area contributed by atoms with Crippen molar-refractivity contribution >= 4 is 71.1 Å². The summed E-state index contributed by atoms with van der Waals surface area (Å²) in [7, 11) is 0. The van der Waals surface area contributed by atoms with E-state index in [9.17, 15) is 5.26 Å². The standard InChI is InChI=1S/C50H29N5/c1-52-44-29-35(22-24-37(44)33-11-10-12-34(28-33)53-45-17-6-2-13-38(45)39-14-3-7-18-46(39)53)55-49-26-21-32(31-51)27-43(49)42-25-23-36(30-50(42)55)54-47-19-8-4-15-40(47)41-16-5-9-20-48(41)54/h2-30H. The van der Waals surface area contributed by atoms with Gasteiger partial charge in [0.2, 0.25) is 0 Å². The molecule has 0 atom stereocenters. The van der Waals surface area contributed by atoms with Crippen LogP contribution in [-0.4, -0.2) is 13.7 Å². The molecule has 0 radical (unpaired) electrons. The molecule has 3 heterocycles. The minimum Gasteiger partial charge on any atom is -0.310 e. The second kappa shape index (κ2) is 11.8. The average Bonchev–Trinajstić information content (AvgIpc) is 3.88. The van der Waals surface area contributed by atoms with E-state index in [4.69, 9.17) is 6.57 Å². The van der Waals surface area contributed by atoms with E-state index in [1.165, 1.54) is 21.5 Å². The zero-order valence-electron chi connectivity index (χ0n) is 29.5. The van der Waals surface area contributed by atoms with Crippen LogP contribution in [0.2, 0.25) is 0 Å². The Kier molecular flexibility index (Phi) is 6.61. The van der Waals surface area contributed by atoms with E-state index in [0.717, 1.165) is 72.1 Å². The monoisotopic (exact) mass is 699 g/mol. The molecular formula is C50H29N5. The SMILES string of the molecule is [C-]#[N+]c1cc(-n2c3ccc(C#N)cc3c3ccc(-n4c5ccccc5c5ccccc54)cc32)ccc1-c1cccc(-n2c3ccccc3c3ccccc32)c1. The summed E-state index contributed by atoms with van der Waals surface area (Å²) >= 11 is 0. The van der Waals surface area contributed by atoms with Crippen molar-refractivity contribution < 1.29 is 0 Å². The van der Waals surface area contributed by atoms with Gasteiger partial charge in [0.25, 0.3) is 0 Å². The van der Waals surface area contributed by atoms with Crippen LogP contribution in [0.4, 0.5) is 5.69 Å². The van der Waals surface area contributed by atoms with Crippen LogP contribution in [0, 0.1) is 17.9 Å². The summed E-state index contributed by atoms with van der Waals surface area (Å²) in [4.78, 5) is 4.11. The van der Waals surface area contributed by atoms with Gasteiger partial charge in [-0.15, -0.1) is 0 Å². The Hall–Kier alpha value is -7.86. The zero-order valence-corrected chi connectivity index (χ0v) is 29.5. The summed E-state index contributed by atoms with van der Waals surface area (Å²) in [5, 5.41) is 16.7. The minimum atomic E-state index is 0.569. The van der Waals surface area contributed by atoms with Crippen LogP contribution >= 0.6 is 0 Å². The molecule has 0 saturated carbocycles. The number of hydrogen-bond acceptors (Lipinski definition) is 1. The molecule has 5 heteroatoms. The van der Waals surface area contributed by atoms with Crippen molar-refractivity contribution in [1.82, 2.24) is 13.7 Å². The Morgan fingerprint density at radius 3 is 1.47 bits per heavy atom. The van der Waals surface area contributed by atoms with Crippen molar-refractivity contribution in [3.63, 3.8) is 0 Å². The van der Waals surface area contributed by atoms with Crippen LogP contribution in [0.5, 0.6) is 0 Å².